The second-order valence-electron chi connectivity index (χ2n) is 5.72. The second kappa shape index (κ2) is 6.10. The van der Waals surface area contributed by atoms with Crippen molar-refractivity contribution in [2.45, 2.75) is 6.54 Å². The molecule has 0 aliphatic heterocycles. The third kappa shape index (κ3) is 2.59. The van der Waals surface area contributed by atoms with Crippen molar-refractivity contribution < 1.29 is 4.74 Å². The SMILES string of the molecule is N#Cc1ccc2ccn(CCOc3cccc4ccccc34)c2c1. The fraction of sp³-hybridized carbons (Fsp3) is 0.0952. The van der Waals surface area contributed by atoms with Gasteiger partial charge in [0, 0.05) is 17.1 Å². The van der Waals surface area contributed by atoms with Gasteiger partial charge in [0.25, 0.3) is 0 Å². The van der Waals surface area contributed by atoms with Crippen molar-refractivity contribution in [1.29, 1.82) is 5.26 Å². The van der Waals surface area contributed by atoms with Crippen LogP contribution in [-0.2, 0) is 6.54 Å². The molecule has 0 bridgehead atoms. The van der Waals surface area contributed by atoms with Crippen LogP contribution in [-0.4, -0.2) is 11.2 Å². The zero-order valence-electron chi connectivity index (χ0n) is 13.1. The van der Waals surface area contributed by atoms with Crippen LogP contribution in [0.25, 0.3) is 21.7 Å². The van der Waals surface area contributed by atoms with Crippen LogP contribution in [0.5, 0.6) is 5.75 Å². The van der Waals surface area contributed by atoms with Crippen molar-refractivity contribution in [2.75, 3.05) is 6.61 Å². The summed E-state index contributed by atoms with van der Waals surface area (Å²) in [6, 6.07) is 24.3. The Hall–Kier alpha value is -3.25. The maximum absolute atomic E-state index is 9.07. The quantitative estimate of drug-likeness (QED) is 0.545. The predicted molar refractivity (Wildman–Crippen MR) is 96.1 cm³/mol. The second-order valence-corrected chi connectivity index (χ2v) is 5.72. The van der Waals surface area contributed by atoms with Crippen LogP contribution in [0.1, 0.15) is 5.56 Å². The number of rotatable bonds is 4. The van der Waals surface area contributed by atoms with E-state index in [0.29, 0.717) is 12.2 Å². The summed E-state index contributed by atoms with van der Waals surface area (Å²) in [5, 5.41) is 12.5. The third-order valence-corrected chi connectivity index (χ3v) is 4.24. The van der Waals surface area contributed by atoms with Crippen molar-refractivity contribution in [3.63, 3.8) is 0 Å². The number of hydrogen-bond donors (Lipinski definition) is 0. The first kappa shape index (κ1) is 14.3. The van der Waals surface area contributed by atoms with Crippen LogP contribution in [0, 0.1) is 11.3 Å². The van der Waals surface area contributed by atoms with E-state index in [-0.39, 0.29) is 0 Å². The molecule has 1 aromatic heterocycles. The fourth-order valence-electron chi connectivity index (χ4n) is 3.02. The van der Waals surface area contributed by atoms with E-state index < -0.39 is 0 Å². The lowest BCUT2D eigenvalue weighted by Crippen LogP contribution is -2.07. The minimum absolute atomic E-state index is 0.578. The fourth-order valence-corrected chi connectivity index (χ4v) is 3.02. The Kier molecular flexibility index (Phi) is 3.64. The highest BCUT2D eigenvalue weighted by molar-refractivity contribution is 5.88. The predicted octanol–water partition coefficient (Wildman–Crippen LogP) is 4.75. The van der Waals surface area contributed by atoms with E-state index in [9.17, 15) is 0 Å². The van der Waals surface area contributed by atoms with Gasteiger partial charge in [-0.25, -0.2) is 0 Å². The van der Waals surface area contributed by atoms with Crippen molar-refractivity contribution in [1.82, 2.24) is 4.57 Å². The molecule has 0 atom stereocenters. The molecule has 3 aromatic carbocycles. The number of nitrogens with zero attached hydrogens (tertiary/aromatic N) is 2. The van der Waals surface area contributed by atoms with E-state index >= 15 is 0 Å². The summed E-state index contributed by atoms with van der Waals surface area (Å²) < 4.78 is 8.14. The van der Waals surface area contributed by atoms with Gasteiger partial charge in [-0.15, -0.1) is 0 Å². The maximum atomic E-state index is 9.07. The normalized spacial score (nSPS) is 10.8. The van der Waals surface area contributed by atoms with Crippen LogP contribution < -0.4 is 4.74 Å². The van der Waals surface area contributed by atoms with Gasteiger partial charge in [-0.2, -0.15) is 5.26 Å². The number of aromatic nitrogens is 1. The molecule has 4 rings (SSSR count). The average Bonchev–Trinajstić information content (AvgIpc) is 3.04. The molecule has 3 nitrogen and oxygen atoms in total. The molecular formula is C21H16N2O. The topological polar surface area (TPSA) is 38.0 Å². The molecule has 0 radical (unpaired) electrons. The number of hydrogen-bond acceptors (Lipinski definition) is 2. The molecule has 0 saturated heterocycles. The summed E-state index contributed by atoms with van der Waals surface area (Å²) in [4.78, 5) is 0. The molecule has 0 saturated carbocycles. The Bertz CT molecular complexity index is 1050. The van der Waals surface area contributed by atoms with Gasteiger partial charge in [-0.05, 0) is 35.0 Å². The highest BCUT2D eigenvalue weighted by Crippen LogP contribution is 2.25. The zero-order chi connectivity index (χ0) is 16.4. The summed E-state index contributed by atoms with van der Waals surface area (Å²) in [6.07, 6.45) is 2.04. The molecule has 24 heavy (non-hydrogen) atoms. The van der Waals surface area contributed by atoms with Crippen LogP contribution in [0.4, 0.5) is 0 Å². The monoisotopic (exact) mass is 312 g/mol. The molecule has 0 spiro atoms. The van der Waals surface area contributed by atoms with Gasteiger partial charge in [0.2, 0.25) is 0 Å². The van der Waals surface area contributed by atoms with Gasteiger partial charge in [0.05, 0.1) is 18.2 Å². The van der Waals surface area contributed by atoms with E-state index in [2.05, 4.69) is 34.9 Å². The average molecular weight is 312 g/mol. The van der Waals surface area contributed by atoms with Gasteiger partial charge < -0.3 is 9.30 Å². The highest BCUT2D eigenvalue weighted by Gasteiger charge is 2.04. The van der Waals surface area contributed by atoms with Crippen LogP contribution in [0.15, 0.2) is 72.9 Å². The number of fused-ring (bicyclic) bond motifs is 2. The molecular weight excluding hydrogens is 296 g/mol. The Morgan fingerprint density at radius 1 is 0.917 bits per heavy atom. The molecule has 0 N–H and O–H groups in total. The van der Waals surface area contributed by atoms with Crippen molar-refractivity contribution in [3.8, 4) is 11.8 Å². The van der Waals surface area contributed by atoms with Gasteiger partial charge >= 0.3 is 0 Å². The van der Waals surface area contributed by atoms with E-state index in [1.807, 2.05) is 48.7 Å². The molecule has 0 unspecified atom stereocenters. The lowest BCUT2D eigenvalue weighted by atomic mass is 10.1. The van der Waals surface area contributed by atoms with Gasteiger partial charge in [0.1, 0.15) is 12.4 Å². The summed E-state index contributed by atoms with van der Waals surface area (Å²) >= 11 is 0. The van der Waals surface area contributed by atoms with E-state index in [1.165, 1.54) is 5.39 Å². The van der Waals surface area contributed by atoms with Gasteiger partial charge in [-0.3, -0.25) is 0 Å². The zero-order valence-corrected chi connectivity index (χ0v) is 13.1. The first-order chi connectivity index (χ1) is 11.8. The first-order valence-electron chi connectivity index (χ1n) is 7.95. The van der Waals surface area contributed by atoms with Crippen LogP contribution in [0.2, 0.25) is 0 Å². The Labute approximate surface area is 140 Å². The molecule has 0 amide bonds. The summed E-state index contributed by atoms with van der Waals surface area (Å²) in [7, 11) is 0. The van der Waals surface area contributed by atoms with E-state index in [0.717, 1.165) is 28.6 Å². The third-order valence-electron chi connectivity index (χ3n) is 4.24. The Morgan fingerprint density at radius 2 is 1.79 bits per heavy atom. The highest BCUT2D eigenvalue weighted by atomic mass is 16.5. The van der Waals surface area contributed by atoms with Crippen LogP contribution in [0.3, 0.4) is 0 Å². The van der Waals surface area contributed by atoms with Crippen molar-refractivity contribution >= 4 is 21.7 Å². The Balaban J connectivity index is 1.54. The number of ether oxygens (including phenoxy) is 1. The van der Waals surface area contributed by atoms with Crippen molar-refractivity contribution in [2.24, 2.45) is 0 Å². The first-order valence-corrected chi connectivity index (χ1v) is 7.95. The van der Waals surface area contributed by atoms with E-state index in [1.54, 1.807) is 0 Å². The largest absolute Gasteiger partial charge is 0.491 e. The molecule has 0 aliphatic rings. The molecule has 3 heteroatoms. The molecule has 0 fully saturated rings. The van der Waals surface area contributed by atoms with Crippen molar-refractivity contribution in [3.05, 3.63) is 78.5 Å². The lowest BCUT2D eigenvalue weighted by molar-refractivity contribution is 0.304. The lowest BCUT2D eigenvalue weighted by Gasteiger charge is -2.11. The number of benzene rings is 3. The summed E-state index contributed by atoms with van der Waals surface area (Å²) in [6.45, 7) is 1.32. The Morgan fingerprint density at radius 3 is 2.71 bits per heavy atom. The number of nitriles is 1. The van der Waals surface area contributed by atoms with E-state index in [4.69, 9.17) is 10.00 Å². The summed E-state index contributed by atoms with van der Waals surface area (Å²) in [5.74, 6) is 0.905. The molecule has 0 aliphatic carbocycles. The van der Waals surface area contributed by atoms with Gasteiger partial charge in [0.15, 0.2) is 0 Å². The standard InChI is InChI=1S/C21H16N2O/c22-15-16-8-9-18-10-11-23(20(18)14-16)12-13-24-21-7-3-5-17-4-1-2-6-19(17)21/h1-11,14H,12-13H2. The summed E-state index contributed by atoms with van der Waals surface area (Å²) in [5.41, 5.74) is 1.74. The molecule has 116 valence electrons. The molecule has 4 aromatic rings. The minimum Gasteiger partial charge on any atom is -0.491 e. The van der Waals surface area contributed by atoms with Gasteiger partial charge in [-0.1, -0.05) is 42.5 Å². The van der Waals surface area contributed by atoms with Crippen LogP contribution >= 0.6 is 0 Å². The smallest absolute Gasteiger partial charge is 0.127 e. The minimum atomic E-state index is 0.578. The molecule has 1 heterocycles. The maximum Gasteiger partial charge on any atom is 0.127 e.